The van der Waals surface area contributed by atoms with Gasteiger partial charge < -0.3 is 10.2 Å². The quantitative estimate of drug-likeness (QED) is 0.396. The molecule has 216 valence electrons. The Hall–Kier alpha value is -1.96. The Balaban J connectivity index is 1.34. The summed E-state index contributed by atoms with van der Waals surface area (Å²) < 4.78 is 0. The van der Waals surface area contributed by atoms with Gasteiger partial charge in [0.05, 0.1) is 0 Å². The number of hydrogen-bond acceptors (Lipinski definition) is 2. The maximum absolute atomic E-state index is 11.0. The maximum atomic E-state index is 11.0. The van der Waals surface area contributed by atoms with Crippen molar-refractivity contribution in [2.75, 3.05) is 0 Å². The standard InChI is InChI=1S/C38H52O2/c1-26(2)36-20-35(3)21-37(23-36,29-14-16-33(39)31(18-29)27-10-6-4-7-11-27)25-38(22-35,24-36)30-15-17-34(40)32(19-30)28-12-8-5-9-13-28/h14-19,26-28,39-40H,4-13,20-25H2,1-3H3. The lowest BCUT2D eigenvalue weighted by Gasteiger charge is -2.72. The summed E-state index contributed by atoms with van der Waals surface area (Å²) >= 11 is 0. The molecule has 2 nitrogen and oxygen atoms in total. The smallest absolute Gasteiger partial charge is 0.119 e. The van der Waals surface area contributed by atoms with Crippen LogP contribution >= 0.6 is 0 Å². The molecular weight excluding hydrogens is 488 g/mol. The Morgan fingerprint density at radius 1 is 0.600 bits per heavy atom. The Morgan fingerprint density at radius 3 is 1.48 bits per heavy atom. The number of phenols is 2. The second-order valence-corrected chi connectivity index (χ2v) is 16.2. The minimum atomic E-state index is 0.160. The molecule has 8 rings (SSSR count). The highest BCUT2D eigenvalue weighted by atomic mass is 16.3. The second kappa shape index (κ2) is 9.53. The van der Waals surface area contributed by atoms with E-state index >= 15 is 0 Å². The zero-order valence-electron chi connectivity index (χ0n) is 25.4. The third-order valence-corrected chi connectivity index (χ3v) is 13.0. The van der Waals surface area contributed by atoms with E-state index in [2.05, 4.69) is 57.2 Å². The average Bonchev–Trinajstić information content (AvgIpc) is 2.93. The summed E-state index contributed by atoms with van der Waals surface area (Å²) in [4.78, 5) is 0. The van der Waals surface area contributed by atoms with Gasteiger partial charge in [-0.3, -0.25) is 0 Å². The maximum Gasteiger partial charge on any atom is 0.119 e. The molecule has 6 aliphatic carbocycles. The molecule has 0 saturated heterocycles. The van der Waals surface area contributed by atoms with Gasteiger partial charge in [0.2, 0.25) is 0 Å². The van der Waals surface area contributed by atoms with E-state index in [9.17, 15) is 10.2 Å². The van der Waals surface area contributed by atoms with E-state index in [0.29, 0.717) is 40.1 Å². The highest BCUT2D eigenvalue weighted by molar-refractivity contribution is 5.48. The van der Waals surface area contributed by atoms with E-state index in [4.69, 9.17) is 0 Å². The second-order valence-electron chi connectivity index (χ2n) is 16.2. The molecule has 0 aromatic heterocycles. The first-order valence-electron chi connectivity index (χ1n) is 16.8. The van der Waals surface area contributed by atoms with Crippen LogP contribution in [0.15, 0.2) is 36.4 Å². The molecular formula is C38H52O2. The summed E-state index contributed by atoms with van der Waals surface area (Å²) in [6, 6.07) is 13.7. The summed E-state index contributed by atoms with van der Waals surface area (Å²) in [5, 5.41) is 22.1. The first-order valence-corrected chi connectivity index (χ1v) is 16.8. The van der Waals surface area contributed by atoms with Crippen molar-refractivity contribution in [1.82, 2.24) is 0 Å². The van der Waals surface area contributed by atoms with Gasteiger partial charge in [-0.2, -0.15) is 0 Å². The molecule has 2 atom stereocenters. The van der Waals surface area contributed by atoms with Crippen LogP contribution in [0.3, 0.4) is 0 Å². The number of hydrogen-bond donors (Lipinski definition) is 2. The van der Waals surface area contributed by atoms with Crippen LogP contribution in [0.1, 0.15) is 158 Å². The van der Waals surface area contributed by atoms with E-state index in [1.165, 1.54) is 125 Å². The van der Waals surface area contributed by atoms with Gasteiger partial charge in [-0.05, 0) is 138 Å². The lowest BCUT2D eigenvalue weighted by molar-refractivity contribution is -0.153. The summed E-state index contributed by atoms with van der Waals surface area (Å²) in [7, 11) is 0. The van der Waals surface area contributed by atoms with Crippen molar-refractivity contribution >= 4 is 0 Å². The molecule has 6 saturated carbocycles. The SMILES string of the molecule is CC(C)C12CC3(C)CC(c4ccc(O)c(C5CCCCC5)c4)(CC(c4ccc(O)c(C5CCCCC5)c4)(C3)C1)C2. The Morgan fingerprint density at radius 2 is 1.05 bits per heavy atom. The first-order chi connectivity index (χ1) is 19.2. The molecule has 4 bridgehead atoms. The highest BCUT2D eigenvalue weighted by Gasteiger charge is 2.68. The molecule has 2 aromatic rings. The van der Waals surface area contributed by atoms with Crippen LogP contribution in [0.25, 0.3) is 0 Å². The molecule has 2 unspecified atom stereocenters. The minimum Gasteiger partial charge on any atom is -0.508 e. The molecule has 0 radical (unpaired) electrons. The van der Waals surface area contributed by atoms with Gasteiger partial charge in [-0.15, -0.1) is 0 Å². The molecule has 0 spiro atoms. The van der Waals surface area contributed by atoms with E-state index in [0.717, 1.165) is 0 Å². The fourth-order valence-electron chi connectivity index (χ4n) is 11.7. The Bertz CT molecular complexity index is 1180. The summed E-state index contributed by atoms with van der Waals surface area (Å²) in [5.41, 5.74) is 6.47. The Kier molecular flexibility index (Phi) is 6.41. The van der Waals surface area contributed by atoms with Crippen molar-refractivity contribution in [2.45, 2.75) is 146 Å². The lowest BCUT2D eigenvalue weighted by Crippen LogP contribution is -2.64. The topological polar surface area (TPSA) is 40.5 Å². The van der Waals surface area contributed by atoms with Gasteiger partial charge in [0, 0.05) is 0 Å². The number of benzene rings is 2. The molecule has 2 N–H and O–H groups in total. The molecule has 0 amide bonds. The molecule has 6 fully saturated rings. The predicted molar refractivity (Wildman–Crippen MR) is 164 cm³/mol. The van der Waals surface area contributed by atoms with Crippen LogP contribution in [-0.4, -0.2) is 10.2 Å². The van der Waals surface area contributed by atoms with Crippen LogP contribution in [0.5, 0.6) is 11.5 Å². The molecule has 0 heterocycles. The highest BCUT2D eigenvalue weighted by Crippen LogP contribution is 2.76. The van der Waals surface area contributed by atoms with E-state index in [1.54, 1.807) is 0 Å². The van der Waals surface area contributed by atoms with Crippen molar-refractivity contribution < 1.29 is 10.2 Å². The fraction of sp³-hybridized carbons (Fsp3) is 0.684. The fourth-order valence-corrected chi connectivity index (χ4v) is 11.7. The predicted octanol–water partition coefficient (Wildman–Crippen LogP) is 10.4. The van der Waals surface area contributed by atoms with Gasteiger partial charge in [-0.25, -0.2) is 0 Å². The summed E-state index contributed by atoms with van der Waals surface area (Å²) in [5.74, 6) is 2.73. The summed E-state index contributed by atoms with van der Waals surface area (Å²) in [6.45, 7) is 7.59. The monoisotopic (exact) mass is 540 g/mol. The zero-order valence-corrected chi connectivity index (χ0v) is 25.4. The van der Waals surface area contributed by atoms with Crippen molar-refractivity contribution in [3.63, 3.8) is 0 Å². The van der Waals surface area contributed by atoms with Gasteiger partial charge >= 0.3 is 0 Å². The number of aromatic hydroxyl groups is 2. The van der Waals surface area contributed by atoms with Crippen molar-refractivity contribution in [2.24, 2.45) is 16.7 Å². The third kappa shape index (κ3) is 4.25. The van der Waals surface area contributed by atoms with Gasteiger partial charge in [0.15, 0.2) is 0 Å². The van der Waals surface area contributed by atoms with Gasteiger partial charge in [-0.1, -0.05) is 83.6 Å². The van der Waals surface area contributed by atoms with Crippen LogP contribution in [-0.2, 0) is 10.8 Å². The zero-order chi connectivity index (χ0) is 27.8. The van der Waals surface area contributed by atoms with Crippen LogP contribution in [0.4, 0.5) is 0 Å². The van der Waals surface area contributed by atoms with E-state index < -0.39 is 0 Å². The largest absolute Gasteiger partial charge is 0.508 e. The molecule has 40 heavy (non-hydrogen) atoms. The molecule has 2 aromatic carbocycles. The van der Waals surface area contributed by atoms with E-state index in [-0.39, 0.29) is 10.8 Å². The molecule has 0 aliphatic heterocycles. The minimum absolute atomic E-state index is 0.160. The Labute approximate surface area is 243 Å². The number of phenolic OH excluding ortho intramolecular Hbond substituents is 2. The van der Waals surface area contributed by atoms with Crippen LogP contribution in [0.2, 0.25) is 0 Å². The lowest BCUT2D eigenvalue weighted by atomic mass is 9.32. The van der Waals surface area contributed by atoms with Crippen LogP contribution < -0.4 is 0 Å². The van der Waals surface area contributed by atoms with Gasteiger partial charge in [0.25, 0.3) is 0 Å². The summed E-state index contributed by atoms with van der Waals surface area (Å²) in [6.07, 6.45) is 20.4. The molecule has 6 aliphatic rings. The van der Waals surface area contributed by atoms with E-state index in [1.807, 2.05) is 0 Å². The molecule has 2 heteroatoms. The first kappa shape index (κ1) is 26.9. The number of rotatable bonds is 5. The van der Waals surface area contributed by atoms with Gasteiger partial charge in [0.1, 0.15) is 11.5 Å². The third-order valence-electron chi connectivity index (χ3n) is 13.0. The normalized spacial score (nSPS) is 36.4. The average molecular weight is 541 g/mol. The van der Waals surface area contributed by atoms with Crippen molar-refractivity contribution in [3.05, 3.63) is 58.7 Å². The van der Waals surface area contributed by atoms with Crippen molar-refractivity contribution in [1.29, 1.82) is 0 Å². The van der Waals surface area contributed by atoms with Crippen LogP contribution in [0, 0.1) is 16.7 Å². The van der Waals surface area contributed by atoms with Crippen molar-refractivity contribution in [3.8, 4) is 11.5 Å².